The molecule has 0 saturated heterocycles. The molecule has 0 radical (unpaired) electrons. The highest BCUT2D eigenvalue weighted by Gasteiger charge is 2.12. The number of nitrogens with two attached hydrogens (primary N) is 1. The Kier molecular flexibility index (Phi) is 4.15. The summed E-state index contributed by atoms with van der Waals surface area (Å²) in [6, 6.07) is 10.6. The molecule has 1 atom stereocenters. The van der Waals surface area contributed by atoms with E-state index in [0.717, 1.165) is 12.8 Å². The van der Waals surface area contributed by atoms with Gasteiger partial charge in [0.1, 0.15) is 0 Å². The second-order valence-electron chi connectivity index (χ2n) is 4.77. The van der Waals surface area contributed by atoms with Crippen molar-refractivity contribution in [2.75, 3.05) is 6.54 Å². The van der Waals surface area contributed by atoms with Crippen molar-refractivity contribution in [3.8, 4) is 0 Å². The van der Waals surface area contributed by atoms with Crippen molar-refractivity contribution in [2.45, 2.75) is 25.7 Å². The SMILES string of the molecule is Cc1ccccc1C(CN)CCc1ccnn1C. The van der Waals surface area contributed by atoms with Crippen LogP contribution in [0.3, 0.4) is 0 Å². The molecular formula is C15H21N3. The second-order valence-corrected chi connectivity index (χ2v) is 4.77. The Hall–Kier alpha value is -1.61. The van der Waals surface area contributed by atoms with Crippen molar-refractivity contribution >= 4 is 0 Å². The molecule has 1 aromatic heterocycles. The summed E-state index contributed by atoms with van der Waals surface area (Å²) < 4.78 is 1.94. The minimum atomic E-state index is 0.432. The fraction of sp³-hybridized carbons (Fsp3) is 0.400. The number of hydrogen-bond donors (Lipinski definition) is 1. The Labute approximate surface area is 109 Å². The Morgan fingerprint density at radius 2 is 2.06 bits per heavy atom. The molecule has 0 saturated carbocycles. The molecule has 18 heavy (non-hydrogen) atoms. The molecule has 0 aliphatic carbocycles. The predicted molar refractivity (Wildman–Crippen MR) is 74.5 cm³/mol. The van der Waals surface area contributed by atoms with Crippen LogP contribution in [0.4, 0.5) is 0 Å². The summed E-state index contributed by atoms with van der Waals surface area (Å²) in [7, 11) is 1.99. The standard InChI is InChI=1S/C15H21N3/c1-12-5-3-4-6-15(12)13(11-16)7-8-14-9-10-17-18(14)2/h3-6,9-10,13H,7-8,11,16H2,1-2H3. The lowest BCUT2D eigenvalue weighted by atomic mass is 9.90. The van der Waals surface area contributed by atoms with Gasteiger partial charge >= 0.3 is 0 Å². The summed E-state index contributed by atoms with van der Waals surface area (Å²) in [5.74, 6) is 0.432. The first-order chi connectivity index (χ1) is 8.72. The van der Waals surface area contributed by atoms with Crippen LogP contribution >= 0.6 is 0 Å². The van der Waals surface area contributed by atoms with Crippen LogP contribution in [0.15, 0.2) is 36.5 Å². The van der Waals surface area contributed by atoms with E-state index in [1.54, 1.807) is 0 Å². The van der Waals surface area contributed by atoms with Gasteiger partial charge in [-0.3, -0.25) is 4.68 Å². The number of aromatic nitrogens is 2. The average molecular weight is 243 g/mol. The Bertz CT molecular complexity index is 502. The molecule has 2 N–H and O–H groups in total. The zero-order chi connectivity index (χ0) is 13.0. The van der Waals surface area contributed by atoms with E-state index in [9.17, 15) is 0 Å². The van der Waals surface area contributed by atoms with Crippen LogP contribution in [0, 0.1) is 6.92 Å². The first-order valence-electron chi connectivity index (χ1n) is 6.45. The van der Waals surface area contributed by atoms with Crippen molar-refractivity contribution in [2.24, 2.45) is 12.8 Å². The highest BCUT2D eigenvalue weighted by Crippen LogP contribution is 2.23. The molecule has 1 unspecified atom stereocenters. The van der Waals surface area contributed by atoms with Crippen molar-refractivity contribution in [1.29, 1.82) is 0 Å². The number of aryl methyl sites for hydroxylation is 3. The van der Waals surface area contributed by atoms with Gasteiger partial charge < -0.3 is 5.73 Å². The third kappa shape index (κ3) is 2.79. The van der Waals surface area contributed by atoms with Gasteiger partial charge in [-0.2, -0.15) is 5.10 Å². The quantitative estimate of drug-likeness (QED) is 0.876. The molecule has 3 heteroatoms. The van der Waals surface area contributed by atoms with Gasteiger partial charge in [-0.05, 0) is 49.4 Å². The van der Waals surface area contributed by atoms with Crippen molar-refractivity contribution in [1.82, 2.24) is 9.78 Å². The number of rotatable bonds is 5. The Morgan fingerprint density at radius 1 is 1.28 bits per heavy atom. The Morgan fingerprint density at radius 3 is 2.67 bits per heavy atom. The van der Waals surface area contributed by atoms with Gasteiger partial charge in [0.05, 0.1) is 0 Å². The van der Waals surface area contributed by atoms with E-state index < -0.39 is 0 Å². The number of benzene rings is 1. The van der Waals surface area contributed by atoms with Gasteiger partial charge in [0.15, 0.2) is 0 Å². The van der Waals surface area contributed by atoms with Gasteiger partial charge in [-0.15, -0.1) is 0 Å². The van der Waals surface area contributed by atoms with Gasteiger partial charge in [0.25, 0.3) is 0 Å². The molecule has 0 amide bonds. The molecule has 1 aromatic carbocycles. The minimum Gasteiger partial charge on any atom is -0.330 e. The lowest BCUT2D eigenvalue weighted by Gasteiger charge is -2.17. The van der Waals surface area contributed by atoms with Crippen LogP contribution in [0.2, 0.25) is 0 Å². The first-order valence-corrected chi connectivity index (χ1v) is 6.45. The second kappa shape index (κ2) is 5.83. The summed E-state index contributed by atoms with van der Waals surface area (Å²) in [6.07, 6.45) is 3.94. The van der Waals surface area contributed by atoms with E-state index in [1.165, 1.54) is 16.8 Å². The van der Waals surface area contributed by atoms with E-state index in [1.807, 2.05) is 17.9 Å². The van der Waals surface area contributed by atoms with Crippen molar-refractivity contribution < 1.29 is 0 Å². The van der Waals surface area contributed by atoms with E-state index in [4.69, 9.17) is 5.73 Å². The molecule has 0 fully saturated rings. The van der Waals surface area contributed by atoms with Crippen LogP contribution in [-0.4, -0.2) is 16.3 Å². The maximum absolute atomic E-state index is 5.93. The third-order valence-electron chi connectivity index (χ3n) is 3.58. The summed E-state index contributed by atoms with van der Waals surface area (Å²) in [4.78, 5) is 0. The van der Waals surface area contributed by atoms with Gasteiger partial charge in [0, 0.05) is 18.9 Å². The fourth-order valence-electron chi connectivity index (χ4n) is 2.41. The van der Waals surface area contributed by atoms with Crippen LogP contribution in [0.5, 0.6) is 0 Å². The maximum atomic E-state index is 5.93. The summed E-state index contributed by atoms with van der Waals surface area (Å²) in [6.45, 7) is 2.85. The molecular weight excluding hydrogens is 222 g/mol. The average Bonchev–Trinajstić information content (AvgIpc) is 2.78. The molecule has 0 aliphatic heterocycles. The Balaban J connectivity index is 2.07. The van der Waals surface area contributed by atoms with E-state index >= 15 is 0 Å². The van der Waals surface area contributed by atoms with Crippen LogP contribution < -0.4 is 5.73 Å². The largest absolute Gasteiger partial charge is 0.330 e. The van der Waals surface area contributed by atoms with Crippen molar-refractivity contribution in [3.05, 3.63) is 53.3 Å². The molecule has 0 spiro atoms. The predicted octanol–water partition coefficient (Wildman–Crippen LogP) is 2.40. The van der Waals surface area contributed by atoms with E-state index in [2.05, 4.69) is 42.4 Å². The van der Waals surface area contributed by atoms with Gasteiger partial charge in [-0.1, -0.05) is 24.3 Å². The smallest absolute Gasteiger partial charge is 0.0492 e. The lowest BCUT2D eigenvalue weighted by molar-refractivity contribution is 0.601. The molecule has 0 bridgehead atoms. The number of nitrogens with zero attached hydrogens (tertiary/aromatic N) is 2. The first kappa shape index (κ1) is 12.8. The zero-order valence-corrected chi connectivity index (χ0v) is 11.1. The molecule has 2 rings (SSSR count). The topological polar surface area (TPSA) is 43.8 Å². The molecule has 96 valence electrons. The third-order valence-corrected chi connectivity index (χ3v) is 3.58. The maximum Gasteiger partial charge on any atom is 0.0492 e. The van der Waals surface area contributed by atoms with E-state index in [-0.39, 0.29) is 0 Å². The van der Waals surface area contributed by atoms with Gasteiger partial charge in [0.2, 0.25) is 0 Å². The van der Waals surface area contributed by atoms with E-state index in [0.29, 0.717) is 12.5 Å². The molecule has 0 aliphatic rings. The summed E-state index contributed by atoms with van der Waals surface area (Å²) in [5.41, 5.74) is 9.90. The minimum absolute atomic E-state index is 0.432. The summed E-state index contributed by atoms with van der Waals surface area (Å²) >= 11 is 0. The molecule has 2 aromatic rings. The van der Waals surface area contributed by atoms with Crippen LogP contribution in [0.1, 0.15) is 29.2 Å². The molecule has 3 nitrogen and oxygen atoms in total. The van der Waals surface area contributed by atoms with Gasteiger partial charge in [-0.25, -0.2) is 0 Å². The lowest BCUT2D eigenvalue weighted by Crippen LogP contribution is -2.15. The van der Waals surface area contributed by atoms with Crippen molar-refractivity contribution in [3.63, 3.8) is 0 Å². The van der Waals surface area contributed by atoms with Crippen LogP contribution in [-0.2, 0) is 13.5 Å². The van der Waals surface area contributed by atoms with Crippen LogP contribution in [0.25, 0.3) is 0 Å². The monoisotopic (exact) mass is 243 g/mol. The normalized spacial score (nSPS) is 12.6. The number of hydrogen-bond acceptors (Lipinski definition) is 2. The molecule has 1 heterocycles. The fourth-order valence-corrected chi connectivity index (χ4v) is 2.41. The highest BCUT2D eigenvalue weighted by atomic mass is 15.2. The highest BCUT2D eigenvalue weighted by molar-refractivity contribution is 5.29. The summed E-state index contributed by atoms with van der Waals surface area (Å²) in [5, 5.41) is 4.20. The zero-order valence-electron chi connectivity index (χ0n) is 11.1.